The van der Waals surface area contributed by atoms with Gasteiger partial charge in [-0.15, -0.1) is 0 Å². The maximum atomic E-state index is 12.1. The Bertz CT molecular complexity index is 813. The molecule has 0 atom stereocenters. The minimum absolute atomic E-state index is 0.0175. The smallest absolute Gasteiger partial charge is 0.266 e. The van der Waals surface area contributed by atoms with Gasteiger partial charge < -0.3 is 0 Å². The van der Waals surface area contributed by atoms with Crippen LogP contribution in [0.5, 0.6) is 0 Å². The van der Waals surface area contributed by atoms with Crippen LogP contribution >= 0.6 is 0 Å². The van der Waals surface area contributed by atoms with E-state index in [9.17, 15) is 18.5 Å². The zero-order chi connectivity index (χ0) is 17.0. The minimum Gasteiger partial charge on any atom is -0.266 e. The highest BCUT2D eigenvalue weighted by molar-refractivity contribution is 7.86. The lowest BCUT2D eigenvalue weighted by Crippen LogP contribution is -2.10. The van der Waals surface area contributed by atoms with Crippen LogP contribution in [0.4, 0.5) is 5.69 Å². The van der Waals surface area contributed by atoms with E-state index in [4.69, 9.17) is 4.18 Å². The SMILES string of the molecule is Cc1ccc(S(=O)(=O)OCCc2cccc([N+](=O)[O-])c2C)cc1. The van der Waals surface area contributed by atoms with E-state index in [0.717, 1.165) is 5.56 Å². The Balaban J connectivity index is 2.06. The monoisotopic (exact) mass is 335 g/mol. The number of nitro groups is 1. The highest BCUT2D eigenvalue weighted by atomic mass is 32.2. The number of benzene rings is 2. The first-order valence-corrected chi connectivity index (χ1v) is 8.41. The Hall–Kier alpha value is -2.25. The molecule has 0 saturated heterocycles. The van der Waals surface area contributed by atoms with Crippen LogP contribution in [0.2, 0.25) is 0 Å². The number of hydrogen-bond acceptors (Lipinski definition) is 5. The maximum absolute atomic E-state index is 12.1. The number of aryl methyl sites for hydroxylation is 1. The van der Waals surface area contributed by atoms with E-state index in [2.05, 4.69) is 0 Å². The first-order chi connectivity index (χ1) is 10.8. The van der Waals surface area contributed by atoms with Gasteiger partial charge in [0.25, 0.3) is 15.8 Å². The molecule has 0 heterocycles. The van der Waals surface area contributed by atoms with Crippen LogP contribution in [0, 0.1) is 24.0 Å². The van der Waals surface area contributed by atoms with Crippen LogP contribution in [0.3, 0.4) is 0 Å². The molecule has 6 nitrogen and oxygen atoms in total. The minimum atomic E-state index is -3.82. The zero-order valence-electron chi connectivity index (χ0n) is 12.9. The molecule has 7 heteroatoms. The van der Waals surface area contributed by atoms with Gasteiger partial charge in [-0.1, -0.05) is 29.8 Å². The van der Waals surface area contributed by atoms with Crippen molar-refractivity contribution < 1.29 is 17.5 Å². The van der Waals surface area contributed by atoms with Crippen LogP contribution in [0.25, 0.3) is 0 Å². The van der Waals surface area contributed by atoms with E-state index >= 15 is 0 Å². The van der Waals surface area contributed by atoms with E-state index in [-0.39, 0.29) is 23.6 Å². The van der Waals surface area contributed by atoms with Gasteiger partial charge in [0.1, 0.15) is 0 Å². The third-order valence-corrected chi connectivity index (χ3v) is 4.86. The molecule has 0 N–H and O–H groups in total. The van der Waals surface area contributed by atoms with Crippen LogP contribution in [-0.2, 0) is 20.7 Å². The van der Waals surface area contributed by atoms with Gasteiger partial charge in [-0.25, -0.2) is 0 Å². The standard InChI is InChI=1S/C16H17NO5S/c1-12-6-8-15(9-7-12)23(20,21)22-11-10-14-4-3-5-16(13(14)2)17(18)19/h3-9H,10-11H2,1-2H3. The third-order valence-electron chi connectivity index (χ3n) is 3.53. The second-order valence-corrected chi connectivity index (χ2v) is 6.77. The molecule has 2 aromatic carbocycles. The van der Waals surface area contributed by atoms with Crippen LogP contribution < -0.4 is 0 Å². The van der Waals surface area contributed by atoms with E-state index in [1.54, 1.807) is 31.2 Å². The van der Waals surface area contributed by atoms with Gasteiger partial charge in [0, 0.05) is 11.6 Å². The number of nitro benzene ring substituents is 1. The molecular weight excluding hydrogens is 318 g/mol. The number of nitrogens with zero attached hydrogens (tertiary/aromatic N) is 1. The first kappa shape index (κ1) is 17.1. The van der Waals surface area contributed by atoms with Crippen molar-refractivity contribution in [2.75, 3.05) is 6.61 Å². The average molecular weight is 335 g/mol. The molecule has 0 saturated carbocycles. The Morgan fingerprint density at radius 2 is 1.74 bits per heavy atom. The first-order valence-electron chi connectivity index (χ1n) is 7.00. The van der Waals surface area contributed by atoms with E-state index < -0.39 is 15.0 Å². The molecule has 0 radical (unpaired) electrons. The van der Waals surface area contributed by atoms with Gasteiger partial charge >= 0.3 is 0 Å². The zero-order valence-corrected chi connectivity index (χ0v) is 13.7. The molecule has 0 aliphatic rings. The largest absolute Gasteiger partial charge is 0.296 e. The fourth-order valence-electron chi connectivity index (χ4n) is 2.17. The Morgan fingerprint density at radius 1 is 1.09 bits per heavy atom. The summed E-state index contributed by atoms with van der Waals surface area (Å²) in [7, 11) is -3.82. The Morgan fingerprint density at radius 3 is 2.35 bits per heavy atom. The average Bonchev–Trinajstić information content (AvgIpc) is 2.49. The molecule has 0 aliphatic heterocycles. The molecule has 0 spiro atoms. The summed E-state index contributed by atoms with van der Waals surface area (Å²) in [5.74, 6) is 0. The normalized spacial score (nSPS) is 11.4. The van der Waals surface area contributed by atoms with Crippen LogP contribution in [-0.4, -0.2) is 19.9 Å². The van der Waals surface area contributed by atoms with Crippen molar-refractivity contribution in [3.05, 3.63) is 69.3 Å². The van der Waals surface area contributed by atoms with Crippen molar-refractivity contribution >= 4 is 15.8 Å². The molecule has 0 aromatic heterocycles. The van der Waals surface area contributed by atoms with E-state index in [1.165, 1.54) is 18.2 Å². The fourth-order valence-corrected chi connectivity index (χ4v) is 3.08. The van der Waals surface area contributed by atoms with Crippen molar-refractivity contribution in [2.45, 2.75) is 25.2 Å². The van der Waals surface area contributed by atoms with Crippen molar-refractivity contribution in [2.24, 2.45) is 0 Å². The summed E-state index contributed by atoms with van der Waals surface area (Å²) in [6, 6.07) is 11.1. The topological polar surface area (TPSA) is 86.5 Å². The summed E-state index contributed by atoms with van der Waals surface area (Å²) in [6.45, 7) is 3.43. The molecule has 0 aliphatic carbocycles. The molecule has 0 unspecified atom stereocenters. The molecule has 0 bridgehead atoms. The second kappa shape index (κ2) is 6.89. The lowest BCUT2D eigenvalue weighted by Gasteiger charge is -2.08. The van der Waals surface area contributed by atoms with Gasteiger partial charge in [-0.2, -0.15) is 8.42 Å². The highest BCUT2D eigenvalue weighted by Gasteiger charge is 2.16. The predicted molar refractivity (Wildman–Crippen MR) is 85.9 cm³/mol. The molecular formula is C16H17NO5S. The lowest BCUT2D eigenvalue weighted by molar-refractivity contribution is -0.385. The van der Waals surface area contributed by atoms with Gasteiger partial charge in [-0.05, 0) is 38.0 Å². The molecule has 23 heavy (non-hydrogen) atoms. The lowest BCUT2D eigenvalue weighted by atomic mass is 10.0. The fraction of sp³-hybridized carbons (Fsp3) is 0.250. The number of rotatable bonds is 6. The van der Waals surface area contributed by atoms with Crippen molar-refractivity contribution in [1.29, 1.82) is 0 Å². The Kier molecular flexibility index (Phi) is 5.12. The maximum Gasteiger partial charge on any atom is 0.296 e. The van der Waals surface area contributed by atoms with E-state index in [0.29, 0.717) is 11.1 Å². The van der Waals surface area contributed by atoms with Crippen LogP contribution in [0.1, 0.15) is 16.7 Å². The molecule has 2 rings (SSSR count). The molecule has 122 valence electrons. The van der Waals surface area contributed by atoms with Crippen molar-refractivity contribution in [3.63, 3.8) is 0 Å². The molecule has 2 aromatic rings. The Labute approximate surface area is 135 Å². The van der Waals surface area contributed by atoms with Crippen molar-refractivity contribution in [1.82, 2.24) is 0 Å². The highest BCUT2D eigenvalue weighted by Crippen LogP contribution is 2.22. The van der Waals surface area contributed by atoms with Crippen molar-refractivity contribution in [3.8, 4) is 0 Å². The summed E-state index contributed by atoms with van der Waals surface area (Å²) in [6.07, 6.45) is 0.276. The van der Waals surface area contributed by atoms with Crippen LogP contribution in [0.15, 0.2) is 47.4 Å². The quantitative estimate of drug-likeness (QED) is 0.460. The summed E-state index contributed by atoms with van der Waals surface area (Å²) in [5, 5.41) is 10.9. The molecule has 0 amide bonds. The summed E-state index contributed by atoms with van der Waals surface area (Å²) in [5.41, 5.74) is 2.19. The van der Waals surface area contributed by atoms with Gasteiger partial charge in [0.05, 0.1) is 16.4 Å². The third kappa shape index (κ3) is 4.14. The second-order valence-electron chi connectivity index (χ2n) is 5.16. The van der Waals surface area contributed by atoms with Gasteiger partial charge in [0.2, 0.25) is 0 Å². The summed E-state index contributed by atoms with van der Waals surface area (Å²) < 4.78 is 29.1. The summed E-state index contributed by atoms with van der Waals surface area (Å²) in [4.78, 5) is 10.5. The molecule has 0 fully saturated rings. The summed E-state index contributed by atoms with van der Waals surface area (Å²) >= 11 is 0. The van der Waals surface area contributed by atoms with Gasteiger partial charge in [-0.3, -0.25) is 14.3 Å². The predicted octanol–water partition coefficient (Wildman–Crippen LogP) is 3.16. The number of hydrogen-bond donors (Lipinski definition) is 0. The van der Waals surface area contributed by atoms with E-state index in [1.807, 2.05) is 6.92 Å². The van der Waals surface area contributed by atoms with Gasteiger partial charge in [0.15, 0.2) is 0 Å².